The second-order valence-electron chi connectivity index (χ2n) is 14.1. The van der Waals surface area contributed by atoms with Crippen molar-refractivity contribution >= 4 is 58.7 Å². The van der Waals surface area contributed by atoms with Crippen molar-refractivity contribution in [1.29, 1.82) is 0 Å². The molecule has 2 atom stereocenters. The van der Waals surface area contributed by atoms with Crippen LogP contribution >= 0.6 is 35.1 Å². The average molecular weight is 839 g/mol. The number of halogens is 1. The molecule has 8 rings (SSSR count). The van der Waals surface area contributed by atoms with Gasteiger partial charge in [0.25, 0.3) is 5.91 Å². The maximum atomic E-state index is 14.6. The Morgan fingerprint density at radius 2 is 1.31 bits per heavy atom. The number of ether oxygens (including phenoxy) is 1. The summed E-state index contributed by atoms with van der Waals surface area (Å²) in [5, 5.41) is 7.13. The molecule has 2 amide bonds. The lowest BCUT2D eigenvalue weighted by molar-refractivity contribution is -0.154. The highest BCUT2D eigenvalue weighted by Crippen LogP contribution is 2.46. The molecule has 0 saturated carbocycles. The first-order valence-corrected chi connectivity index (χ1v) is 21.6. The van der Waals surface area contributed by atoms with Gasteiger partial charge in [0.2, 0.25) is 5.91 Å². The van der Waals surface area contributed by atoms with Gasteiger partial charge in [-0.25, -0.2) is 4.79 Å². The number of thioether (sulfide) groups is 2. The Balaban J connectivity index is 1.14. The van der Waals surface area contributed by atoms with Crippen molar-refractivity contribution in [2.24, 2.45) is 0 Å². The molecule has 2 aliphatic rings. The summed E-state index contributed by atoms with van der Waals surface area (Å²) in [6.07, 6.45) is 2.71. The molecule has 0 spiro atoms. The van der Waals surface area contributed by atoms with E-state index < -0.39 is 53.0 Å². The van der Waals surface area contributed by atoms with Gasteiger partial charge in [-0.1, -0.05) is 152 Å². The lowest BCUT2D eigenvalue weighted by Crippen LogP contribution is -2.70. The molecule has 296 valence electrons. The van der Waals surface area contributed by atoms with E-state index in [1.807, 2.05) is 132 Å². The number of carbonyl (C=O) groups excluding carboxylic acids is 4. The summed E-state index contributed by atoms with van der Waals surface area (Å²) in [4.78, 5) is 55.1. The molecule has 0 bridgehead atoms. The predicted octanol–water partition coefficient (Wildman–Crippen LogP) is 8.10. The van der Waals surface area contributed by atoms with E-state index in [0.29, 0.717) is 16.4 Å². The Kier molecular flexibility index (Phi) is 12.1. The highest BCUT2D eigenvalue weighted by Gasteiger charge is 2.55. The van der Waals surface area contributed by atoms with Crippen LogP contribution in [0.5, 0.6) is 0 Å². The molecule has 0 unspecified atom stereocenters. The van der Waals surface area contributed by atoms with Crippen LogP contribution in [0.3, 0.4) is 0 Å². The van der Waals surface area contributed by atoms with E-state index in [1.54, 1.807) is 0 Å². The number of β-lactam (4-membered cyclic amide) rings is 1. The second kappa shape index (κ2) is 17.9. The first kappa shape index (κ1) is 39.9. The van der Waals surface area contributed by atoms with Crippen LogP contribution in [-0.4, -0.2) is 61.3 Å². The maximum absolute atomic E-state index is 14.6. The fraction of sp³-hybridized carbons (Fsp3) is 0.170. The average Bonchev–Trinajstić information content (AvgIpc) is 3.77. The zero-order valence-corrected chi connectivity index (χ0v) is 34.1. The summed E-state index contributed by atoms with van der Waals surface area (Å²) >= 11 is 8.52. The number of fused-ring (bicyclic) bond motifs is 1. The van der Waals surface area contributed by atoms with Crippen LogP contribution < -0.4 is 5.32 Å². The SMILES string of the molecule is O=C(CCl)CC(=O)N[C@@H]1C(=O)N2C(C(=O)OC(c3ccccc3)c3ccccc3)=C(SCc3cnn(C(c4ccccc4)(c4ccccc4)c4ccccc4)c3)CS[C@H]12. The minimum atomic E-state index is -0.913. The minimum absolute atomic E-state index is 0.141. The van der Waals surface area contributed by atoms with Crippen LogP contribution in [-0.2, 0) is 35.2 Å². The zero-order chi connectivity index (χ0) is 40.8. The number of rotatable bonds is 15. The van der Waals surface area contributed by atoms with Crippen LogP contribution in [0.4, 0.5) is 0 Å². The predicted molar refractivity (Wildman–Crippen MR) is 231 cm³/mol. The van der Waals surface area contributed by atoms with E-state index in [4.69, 9.17) is 21.4 Å². The highest BCUT2D eigenvalue weighted by molar-refractivity contribution is 8.05. The topological polar surface area (TPSA) is 111 Å². The van der Waals surface area contributed by atoms with Crippen molar-refractivity contribution in [3.63, 3.8) is 0 Å². The third-order valence-corrected chi connectivity index (χ3v) is 13.3. The van der Waals surface area contributed by atoms with Gasteiger partial charge in [0.1, 0.15) is 22.7 Å². The van der Waals surface area contributed by atoms with Crippen molar-refractivity contribution < 1.29 is 23.9 Å². The molecule has 59 heavy (non-hydrogen) atoms. The van der Waals surface area contributed by atoms with Gasteiger partial charge in [0.05, 0.1) is 18.5 Å². The quantitative estimate of drug-likeness (QED) is 0.0364. The number of nitrogens with one attached hydrogen (secondary N) is 1. The molecular weight excluding hydrogens is 800 g/mol. The van der Waals surface area contributed by atoms with Gasteiger partial charge in [-0.15, -0.1) is 35.1 Å². The van der Waals surface area contributed by atoms with Crippen molar-refractivity contribution in [3.8, 4) is 0 Å². The van der Waals surface area contributed by atoms with Gasteiger partial charge in [-0.2, -0.15) is 5.10 Å². The Labute approximate surface area is 355 Å². The first-order valence-electron chi connectivity index (χ1n) is 19.1. The van der Waals surface area contributed by atoms with Crippen LogP contribution in [0.15, 0.2) is 175 Å². The Bertz CT molecular complexity index is 2330. The molecule has 1 saturated heterocycles. The normalized spacial score (nSPS) is 16.3. The van der Waals surface area contributed by atoms with Crippen molar-refractivity contribution in [3.05, 3.63) is 208 Å². The number of hydrogen-bond donors (Lipinski definition) is 1. The molecule has 9 nitrogen and oxygen atoms in total. The van der Waals surface area contributed by atoms with E-state index in [0.717, 1.165) is 33.4 Å². The van der Waals surface area contributed by atoms with E-state index in [2.05, 4.69) is 41.7 Å². The summed E-state index contributed by atoms with van der Waals surface area (Å²) in [6, 6.07) is 48.9. The van der Waals surface area contributed by atoms with Crippen LogP contribution in [0, 0.1) is 0 Å². The van der Waals surface area contributed by atoms with Crippen LogP contribution in [0.1, 0.15) is 45.9 Å². The maximum Gasteiger partial charge on any atom is 0.356 e. The summed E-state index contributed by atoms with van der Waals surface area (Å²) < 4.78 is 8.35. The number of hydrogen-bond acceptors (Lipinski definition) is 8. The summed E-state index contributed by atoms with van der Waals surface area (Å²) in [5.74, 6) is -1.63. The van der Waals surface area contributed by atoms with Crippen molar-refractivity contribution in [2.45, 2.75) is 35.2 Å². The molecular formula is C47H39ClN4O5S2. The number of esters is 1. The van der Waals surface area contributed by atoms with Gasteiger partial charge in [0.15, 0.2) is 11.9 Å². The number of nitrogens with zero attached hydrogens (tertiary/aromatic N) is 3. The van der Waals surface area contributed by atoms with E-state index in [1.165, 1.54) is 28.4 Å². The van der Waals surface area contributed by atoms with Crippen molar-refractivity contribution in [2.75, 3.05) is 11.6 Å². The number of aromatic nitrogens is 2. The molecule has 5 aromatic carbocycles. The molecule has 1 aromatic heterocycles. The number of carbonyl (C=O) groups is 4. The third-order valence-electron chi connectivity index (χ3n) is 10.3. The summed E-state index contributed by atoms with van der Waals surface area (Å²) in [5.41, 5.74) is 4.93. The van der Waals surface area contributed by atoms with Gasteiger partial charge in [-0.05, 0) is 27.8 Å². The van der Waals surface area contributed by atoms with Gasteiger partial charge in [0, 0.05) is 28.2 Å². The van der Waals surface area contributed by atoms with E-state index >= 15 is 0 Å². The van der Waals surface area contributed by atoms with Crippen molar-refractivity contribution in [1.82, 2.24) is 20.0 Å². The molecule has 0 aliphatic carbocycles. The number of benzene rings is 5. The third kappa shape index (κ3) is 8.10. The number of alkyl halides is 1. The lowest BCUT2D eigenvalue weighted by atomic mass is 9.77. The minimum Gasteiger partial charge on any atom is -0.448 e. The summed E-state index contributed by atoms with van der Waals surface area (Å²) in [7, 11) is 0. The van der Waals surface area contributed by atoms with Crippen LogP contribution in [0.2, 0.25) is 0 Å². The van der Waals surface area contributed by atoms with Gasteiger partial charge in [-0.3, -0.25) is 24.0 Å². The Morgan fingerprint density at radius 3 is 1.81 bits per heavy atom. The monoisotopic (exact) mass is 838 g/mol. The van der Waals surface area contributed by atoms with E-state index in [-0.39, 0.29) is 11.6 Å². The zero-order valence-electron chi connectivity index (χ0n) is 31.7. The van der Waals surface area contributed by atoms with Gasteiger partial charge >= 0.3 is 5.97 Å². The highest BCUT2D eigenvalue weighted by atomic mass is 35.5. The Hall–Kier alpha value is -5.88. The standard InChI is InChI=1S/C47H39ClN4O5S2/c48-27-38(53)26-40(54)50-41-44(55)52-42(46(56)57-43(33-16-6-1-7-17-33)34-18-8-2-9-19-34)39(31-59-45(41)52)58-30-32-28-49-51(29-32)47(35-20-10-3-11-21-35,36-22-12-4-13-23-36)37-24-14-5-15-25-37/h1-25,28-29,41,43,45H,26-27,30-31H2,(H,50,54)/t41-,45-/m1/s1. The van der Waals surface area contributed by atoms with E-state index in [9.17, 15) is 19.2 Å². The summed E-state index contributed by atoms with van der Waals surface area (Å²) in [6.45, 7) is 0. The molecule has 12 heteroatoms. The molecule has 0 radical (unpaired) electrons. The largest absolute Gasteiger partial charge is 0.448 e. The number of Topliss-reactive ketones (excluding diaryl/α,β-unsaturated/α-hetero) is 1. The fourth-order valence-corrected chi connectivity index (χ4v) is 10.2. The number of amides is 2. The molecule has 1 fully saturated rings. The molecule has 1 N–H and O–H groups in total. The Morgan fingerprint density at radius 1 is 0.797 bits per heavy atom. The molecule has 6 aromatic rings. The molecule has 2 aliphatic heterocycles. The second-order valence-corrected chi connectivity index (χ2v) is 16.5. The van der Waals surface area contributed by atoms with Gasteiger partial charge < -0.3 is 10.1 Å². The smallest absolute Gasteiger partial charge is 0.356 e. The number of ketones is 1. The molecule has 3 heterocycles. The first-order chi connectivity index (χ1) is 28.9. The lowest BCUT2D eigenvalue weighted by Gasteiger charge is -2.49. The van der Waals surface area contributed by atoms with Crippen LogP contribution in [0.25, 0.3) is 0 Å². The fourth-order valence-electron chi connectivity index (χ4n) is 7.61.